The van der Waals surface area contributed by atoms with E-state index in [-0.39, 0.29) is 19.1 Å². The minimum absolute atomic E-state index is 0.0949. The van der Waals surface area contributed by atoms with E-state index in [2.05, 4.69) is 4.74 Å². The largest absolute Gasteiger partial charge is 0.411 e. The Balaban J connectivity index is 2.08. The van der Waals surface area contributed by atoms with Crippen molar-refractivity contribution in [2.45, 2.75) is 19.0 Å². The van der Waals surface area contributed by atoms with E-state index in [1.54, 1.807) is 0 Å². The second-order valence-electron chi connectivity index (χ2n) is 4.16. The molecule has 3 nitrogen and oxygen atoms in total. The number of aliphatic hydroxyl groups is 1. The molecule has 1 heterocycles. The number of likely N-dealkylation sites (tertiary alicyclic amines) is 1. The third-order valence-corrected chi connectivity index (χ3v) is 2.68. The van der Waals surface area contributed by atoms with Crippen molar-refractivity contribution in [3.63, 3.8) is 0 Å². The van der Waals surface area contributed by atoms with Crippen molar-refractivity contribution in [2.24, 2.45) is 5.92 Å². The molecule has 0 spiro atoms. The van der Waals surface area contributed by atoms with Gasteiger partial charge in [0.05, 0.1) is 6.61 Å². The second kappa shape index (κ2) is 6.42. The Bertz CT molecular complexity index is 199. The van der Waals surface area contributed by atoms with E-state index in [4.69, 9.17) is 5.11 Å². The summed E-state index contributed by atoms with van der Waals surface area (Å²) in [6.45, 7) is 1.21. The fraction of sp³-hybridized carbons (Fsp3) is 1.00. The van der Waals surface area contributed by atoms with Gasteiger partial charge in [-0.3, -0.25) is 0 Å². The number of halogens is 3. The maximum absolute atomic E-state index is 11.8. The van der Waals surface area contributed by atoms with Gasteiger partial charge in [-0.2, -0.15) is 13.2 Å². The van der Waals surface area contributed by atoms with Gasteiger partial charge in [0.1, 0.15) is 6.61 Å². The SMILES string of the molecule is OCC1CCCN(CCOCC(F)(F)F)C1. The fourth-order valence-electron chi connectivity index (χ4n) is 1.88. The molecule has 0 amide bonds. The first-order valence-corrected chi connectivity index (χ1v) is 5.49. The molecule has 1 aliphatic heterocycles. The Morgan fingerprint density at radius 2 is 2.12 bits per heavy atom. The molecule has 0 aromatic rings. The van der Waals surface area contributed by atoms with E-state index in [9.17, 15) is 13.2 Å². The van der Waals surface area contributed by atoms with Crippen LogP contribution in [0.3, 0.4) is 0 Å². The monoisotopic (exact) mass is 241 g/mol. The van der Waals surface area contributed by atoms with Crippen molar-refractivity contribution < 1.29 is 23.0 Å². The average molecular weight is 241 g/mol. The number of nitrogens with zero attached hydrogens (tertiary/aromatic N) is 1. The number of hydrogen-bond donors (Lipinski definition) is 1. The van der Waals surface area contributed by atoms with Crippen molar-refractivity contribution in [3.05, 3.63) is 0 Å². The average Bonchev–Trinajstić information content (AvgIpc) is 2.23. The third kappa shape index (κ3) is 5.67. The van der Waals surface area contributed by atoms with Gasteiger partial charge in [-0.15, -0.1) is 0 Å². The fourth-order valence-corrected chi connectivity index (χ4v) is 1.88. The summed E-state index contributed by atoms with van der Waals surface area (Å²) in [5, 5.41) is 8.98. The Morgan fingerprint density at radius 3 is 2.75 bits per heavy atom. The molecule has 6 heteroatoms. The van der Waals surface area contributed by atoms with Gasteiger partial charge in [0.15, 0.2) is 0 Å². The van der Waals surface area contributed by atoms with E-state index >= 15 is 0 Å². The van der Waals surface area contributed by atoms with E-state index in [1.807, 2.05) is 4.90 Å². The van der Waals surface area contributed by atoms with E-state index < -0.39 is 12.8 Å². The van der Waals surface area contributed by atoms with Crippen molar-refractivity contribution in [1.82, 2.24) is 4.90 Å². The zero-order chi connectivity index (χ0) is 12.0. The first kappa shape index (κ1) is 13.7. The third-order valence-electron chi connectivity index (χ3n) is 2.68. The smallest absolute Gasteiger partial charge is 0.396 e. The highest BCUT2D eigenvalue weighted by atomic mass is 19.4. The van der Waals surface area contributed by atoms with Crippen LogP contribution in [0, 0.1) is 5.92 Å². The number of aliphatic hydroxyl groups excluding tert-OH is 1. The molecule has 0 radical (unpaired) electrons. The Morgan fingerprint density at radius 1 is 1.38 bits per heavy atom. The predicted octanol–water partition coefficient (Wildman–Crippen LogP) is 1.27. The summed E-state index contributed by atoms with van der Waals surface area (Å²) in [6.07, 6.45) is -2.25. The summed E-state index contributed by atoms with van der Waals surface area (Å²) in [4.78, 5) is 2.04. The molecule has 16 heavy (non-hydrogen) atoms. The molecule has 0 saturated carbocycles. The Hall–Kier alpha value is -0.330. The van der Waals surface area contributed by atoms with Gasteiger partial charge < -0.3 is 14.7 Å². The van der Waals surface area contributed by atoms with E-state index in [0.29, 0.717) is 6.54 Å². The number of piperidine rings is 1. The highest BCUT2D eigenvalue weighted by molar-refractivity contribution is 4.71. The van der Waals surface area contributed by atoms with Gasteiger partial charge in [0, 0.05) is 19.7 Å². The molecule has 0 aromatic carbocycles. The molecule has 1 unspecified atom stereocenters. The molecule has 96 valence electrons. The van der Waals surface area contributed by atoms with Gasteiger partial charge in [0.2, 0.25) is 0 Å². The van der Waals surface area contributed by atoms with Crippen LogP contribution in [0.1, 0.15) is 12.8 Å². The zero-order valence-electron chi connectivity index (χ0n) is 9.17. The molecule has 1 atom stereocenters. The lowest BCUT2D eigenvalue weighted by Crippen LogP contribution is -2.39. The van der Waals surface area contributed by atoms with E-state index in [0.717, 1.165) is 25.9 Å². The second-order valence-corrected chi connectivity index (χ2v) is 4.16. The van der Waals surface area contributed by atoms with Gasteiger partial charge in [-0.25, -0.2) is 0 Å². The number of alkyl halides is 3. The molecule has 1 saturated heterocycles. The lowest BCUT2D eigenvalue weighted by molar-refractivity contribution is -0.174. The quantitative estimate of drug-likeness (QED) is 0.736. The Labute approximate surface area is 93.2 Å². The first-order valence-electron chi connectivity index (χ1n) is 5.49. The molecule has 1 aliphatic rings. The van der Waals surface area contributed by atoms with Gasteiger partial charge in [-0.05, 0) is 25.3 Å². The van der Waals surface area contributed by atoms with Crippen LogP contribution in [-0.2, 0) is 4.74 Å². The molecule has 1 fully saturated rings. The summed E-state index contributed by atoms with van der Waals surface area (Å²) in [5.74, 6) is 0.261. The minimum atomic E-state index is -4.24. The van der Waals surface area contributed by atoms with Crippen LogP contribution in [0.4, 0.5) is 13.2 Å². The molecule has 0 aliphatic carbocycles. The van der Waals surface area contributed by atoms with Crippen LogP contribution in [0.25, 0.3) is 0 Å². The molecule has 1 N–H and O–H groups in total. The predicted molar refractivity (Wildman–Crippen MR) is 53.1 cm³/mol. The molecular weight excluding hydrogens is 223 g/mol. The normalized spacial score (nSPS) is 23.6. The molecule has 1 rings (SSSR count). The molecular formula is C10H18F3NO2. The van der Waals surface area contributed by atoms with Crippen molar-refractivity contribution >= 4 is 0 Å². The van der Waals surface area contributed by atoms with Crippen LogP contribution >= 0.6 is 0 Å². The van der Waals surface area contributed by atoms with E-state index in [1.165, 1.54) is 0 Å². The number of ether oxygens (including phenoxy) is 1. The van der Waals surface area contributed by atoms with Crippen LogP contribution in [0.5, 0.6) is 0 Å². The van der Waals surface area contributed by atoms with Gasteiger partial charge in [0.25, 0.3) is 0 Å². The van der Waals surface area contributed by atoms with Crippen LogP contribution in [0.15, 0.2) is 0 Å². The van der Waals surface area contributed by atoms with Crippen molar-refractivity contribution in [3.8, 4) is 0 Å². The first-order chi connectivity index (χ1) is 7.51. The highest BCUT2D eigenvalue weighted by Crippen LogP contribution is 2.16. The standard InChI is InChI=1S/C10H18F3NO2/c11-10(12,13)8-16-5-4-14-3-1-2-9(6-14)7-15/h9,15H,1-8H2. The minimum Gasteiger partial charge on any atom is -0.396 e. The topological polar surface area (TPSA) is 32.7 Å². The lowest BCUT2D eigenvalue weighted by Gasteiger charge is -2.31. The number of rotatable bonds is 5. The van der Waals surface area contributed by atoms with Crippen LogP contribution in [-0.4, -0.2) is 55.6 Å². The maximum Gasteiger partial charge on any atom is 0.411 e. The lowest BCUT2D eigenvalue weighted by atomic mass is 9.99. The summed E-state index contributed by atoms with van der Waals surface area (Å²) in [5.41, 5.74) is 0. The van der Waals surface area contributed by atoms with Crippen molar-refractivity contribution in [1.29, 1.82) is 0 Å². The number of hydrogen-bond acceptors (Lipinski definition) is 3. The molecule has 0 bridgehead atoms. The summed E-state index contributed by atoms with van der Waals surface area (Å²) in [6, 6.07) is 0. The maximum atomic E-state index is 11.8. The summed E-state index contributed by atoms with van der Waals surface area (Å²) >= 11 is 0. The van der Waals surface area contributed by atoms with Gasteiger partial charge >= 0.3 is 6.18 Å². The summed E-state index contributed by atoms with van der Waals surface area (Å²) in [7, 11) is 0. The zero-order valence-corrected chi connectivity index (χ0v) is 9.17. The Kier molecular flexibility index (Phi) is 5.51. The van der Waals surface area contributed by atoms with Gasteiger partial charge in [-0.1, -0.05) is 0 Å². The summed E-state index contributed by atoms with van der Waals surface area (Å²) < 4.78 is 39.8. The highest BCUT2D eigenvalue weighted by Gasteiger charge is 2.27. The molecule has 0 aromatic heterocycles. The van der Waals surface area contributed by atoms with Crippen LogP contribution in [0.2, 0.25) is 0 Å². The van der Waals surface area contributed by atoms with Crippen LogP contribution < -0.4 is 0 Å². The van der Waals surface area contributed by atoms with Crippen molar-refractivity contribution in [2.75, 3.05) is 39.5 Å².